The smallest absolute Gasteiger partial charge is 0.334 e. The molecule has 2 aromatic carbocycles. The molecule has 0 saturated heterocycles. The minimum atomic E-state index is -4.38. The van der Waals surface area contributed by atoms with Gasteiger partial charge in [0.05, 0.1) is 12.1 Å². The first-order valence-corrected chi connectivity index (χ1v) is 8.20. The van der Waals surface area contributed by atoms with E-state index >= 15 is 0 Å². The molecule has 0 aliphatic carbocycles. The van der Waals surface area contributed by atoms with Crippen LogP contribution in [0.4, 0.5) is 18.0 Å². The van der Waals surface area contributed by atoms with Gasteiger partial charge in [0, 0.05) is 13.1 Å². The number of benzene rings is 2. The molecule has 0 aliphatic rings. The lowest BCUT2D eigenvalue weighted by Crippen LogP contribution is -2.43. The van der Waals surface area contributed by atoms with E-state index in [1.54, 1.807) is 11.9 Å². The fourth-order valence-electron chi connectivity index (χ4n) is 2.40. The number of carbonyl (C=O) groups is 2. The first-order valence-electron chi connectivity index (χ1n) is 8.20. The number of alkyl halides is 3. The number of likely N-dealkylation sites (N-methyl/N-ethyl adjacent to an activating group) is 1. The minimum Gasteiger partial charge on any atom is -0.334 e. The van der Waals surface area contributed by atoms with Crippen molar-refractivity contribution in [2.75, 3.05) is 13.6 Å². The second kappa shape index (κ2) is 9.18. The van der Waals surface area contributed by atoms with E-state index in [1.165, 1.54) is 12.1 Å². The lowest BCUT2D eigenvalue weighted by atomic mass is 10.1. The summed E-state index contributed by atoms with van der Waals surface area (Å²) in [5.41, 5.74) is 0.813. The second-order valence-corrected chi connectivity index (χ2v) is 6.08. The van der Waals surface area contributed by atoms with Crippen LogP contribution in [0.1, 0.15) is 16.7 Å². The van der Waals surface area contributed by atoms with E-state index < -0.39 is 23.7 Å². The minimum absolute atomic E-state index is 0.0697. The quantitative estimate of drug-likeness (QED) is 0.811. The maximum absolute atomic E-state index is 12.5. The van der Waals surface area contributed by atoms with Gasteiger partial charge >= 0.3 is 12.2 Å². The molecule has 0 unspecified atom stereocenters. The molecule has 2 N–H and O–H groups in total. The van der Waals surface area contributed by atoms with Gasteiger partial charge in [-0.1, -0.05) is 42.5 Å². The maximum atomic E-state index is 12.5. The fourth-order valence-corrected chi connectivity index (χ4v) is 2.40. The van der Waals surface area contributed by atoms with Crippen LogP contribution in [0.25, 0.3) is 0 Å². The van der Waals surface area contributed by atoms with E-state index in [0.29, 0.717) is 12.1 Å². The monoisotopic (exact) mass is 379 g/mol. The van der Waals surface area contributed by atoms with Crippen LogP contribution in [0.5, 0.6) is 0 Å². The Morgan fingerprint density at radius 2 is 1.59 bits per heavy atom. The molecule has 0 saturated carbocycles. The summed E-state index contributed by atoms with van der Waals surface area (Å²) in [5.74, 6) is -0.505. The van der Waals surface area contributed by atoms with Crippen molar-refractivity contribution in [3.63, 3.8) is 0 Å². The Morgan fingerprint density at radius 3 is 2.19 bits per heavy atom. The Balaban J connectivity index is 1.75. The lowest BCUT2D eigenvalue weighted by molar-refractivity contribution is -0.137. The SMILES string of the molecule is CN(CC(=O)NC(=O)NCc1ccccc1)Cc1ccc(C(F)(F)F)cc1. The van der Waals surface area contributed by atoms with E-state index in [4.69, 9.17) is 0 Å². The zero-order valence-electron chi connectivity index (χ0n) is 14.7. The topological polar surface area (TPSA) is 61.4 Å². The van der Waals surface area contributed by atoms with E-state index in [-0.39, 0.29) is 13.1 Å². The molecule has 0 atom stereocenters. The molecule has 5 nitrogen and oxygen atoms in total. The summed E-state index contributed by atoms with van der Waals surface area (Å²) in [6.45, 7) is 0.498. The van der Waals surface area contributed by atoms with Crippen molar-refractivity contribution >= 4 is 11.9 Å². The van der Waals surface area contributed by atoms with E-state index in [2.05, 4.69) is 10.6 Å². The van der Waals surface area contributed by atoms with Crippen molar-refractivity contribution in [3.8, 4) is 0 Å². The summed E-state index contributed by atoms with van der Waals surface area (Å²) in [7, 11) is 1.64. The van der Waals surface area contributed by atoms with Gasteiger partial charge in [-0.05, 0) is 30.3 Å². The Hall–Kier alpha value is -2.87. The average Bonchev–Trinajstić information content (AvgIpc) is 2.60. The number of urea groups is 1. The predicted molar refractivity (Wildman–Crippen MR) is 94.6 cm³/mol. The number of rotatable bonds is 6. The zero-order valence-corrected chi connectivity index (χ0v) is 14.7. The molecule has 0 spiro atoms. The maximum Gasteiger partial charge on any atom is 0.416 e. The van der Waals surface area contributed by atoms with Crippen molar-refractivity contribution < 1.29 is 22.8 Å². The highest BCUT2D eigenvalue weighted by Gasteiger charge is 2.29. The number of carbonyl (C=O) groups excluding carboxylic acids is 2. The van der Waals surface area contributed by atoms with Gasteiger partial charge in [0.25, 0.3) is 0 Å². The van der Waals surface area contributed by atoms with E-state index in [9.17, 15) is 22.8 Å². The largest absolute Gasteiger partial charge is 0.416 e. The summed E-state index contributed by atoms with van der Waals surface area (Å²) >= 11 is 0. The Morgan fingerprint density at radius 1 is 0.963 bits per heavy atom. The molecular weight excluding hydrogens is 359 g/mol. The Labute approximate surface area is 155 Å². The van der Waals surface area contributed by atoms with Gasteiger partial charge in [-0.25, -0.2) is 4.79 Å². The number of imide groups is 1. The van der Waals surface area contributed by atoms with Crippen molar-refractivity contribution in [2.45, 2.75) is 19.3 Å². The Bertz CT molecular complexity index is 762. The number of nitrogens with zero attached hydrogens (tertiary/aromatic N) is 1. The number of nitrogens with one attached hydrogen (secondary N) is 2. The number of hydrogen-bond acceptors (Lipinski definition) is 3. The van der Waals surface area contributed by atoms with Crippen molar-refractivity contribution in [1.29, 1.82) is 0 Å². The molecule has 144 valence electrons. The van der Waals surface area contributed by atoms with Crippen LogP contribution >= 0.6 is 0 Å². The molecule has 3 amide bonds. The average molecular weight is 379 g/mol. The van der Waals surface area contributed by atoms with Crippen LogP contribution in [0.2, 0.25) is 0 Å². The number of hydrogen-bond donors (Lipinski definition) is 2. The van der Waals surface area contributed by atoms with Gasteiger partial charge in [0.2, 0.25) is 5.91 Å². The van der Waals surface area contributed by atoms with E-state index in [1.807, 2.05) is 30.3 Å². The van der Waals surface area contributed by atoms with Crippen molar-refractivity contribution in [2.24, 2.45) is 0 Å². The molecule has 0 aliphatic heterocycles. The fraction of sp³-hybridized carbons (Fsp3) is 0.263. The first kappa shape index (κ1) is 20.4. The third kappa shape index (κ3) is 7.10. The van der Waals surface area contributed by atoms with Gasteiger partial charge in [0.1, 0.15) is 0 Å². The van der Waals surface area contributed by atoms with Crippen LogP contribution in [-0.2, 0) is 24.1 Å². The third-order valence-electron chi connectivity index (χ3n) is 3.70. The van der Waals surface area contributed by atoms with Gasteiger partial charge in [-0.2, -0.15) is 13.2 Å². The molecule has 0 radical (unpaired) electrons. The molecule has 0 aromatic heterocycles. The summed E-state index contributed by atoms with van der Waals surface area (Å²) < 4.78 is 37.6. The predicted octanol–water partition coefficient (Wildman–Crippen LogP) is 3.16. The second-order valence-electron chi connectivity index (χ2n) is 6.08. The lowest BCUT2D eigenvalue weighted by Gasteiger charge is -2.16. The van der Waals surface area contributed by atoms with Gasteiger partial charge in [-0.3, -0.25) is 15.0 Å². The highest BCUT2D eigenvalue weighted by molar-refractivity contribution is 5.95. The van der Waals surface area contributed by atoms with Crippen LogP contribution in [0.15, 0.2) is 54.6 Å². The Kier molecular flexibility index (Phi) is 6.95. The van der Waals surface area contributed by atoms with Gasteiger partial charge in [0.15, 0.2) is 0 Å². The molecule has 2 aromatic rings. The summed E-state index contributed by atoms with van der Waals surface area (Å²) in [6.07, 6.45) is -4.38. The number of halogens is 3. The third-order valence-corrected chi connectivity index (χ3v) is 3.70. The van der Waals surface area contributed by atoms with Crippen LogP contribution in [-0.4, -0.2) is 30.4 Å². The molecular formula is C19H20F3N3O2. The van der Waals surface area contributed by atoms with Crippen LogP contribution in [0, 0.1) is 0 Å². The zero-order chi connectivity index (χ0) is 19.9. The first-order chi connectivity index (χ1) is 12.7. The van der Waals surface area contributed by atoms with Crippen molar-refractivity contribution in [3.05, 3.63) is 71.3 Å². The van der Waals surface area contributed by atoms with Gasteiger partial charge < -0.3 is 5.32 Å². The van der Waals surface area contributed by atoms with Gasteiger partial charge in [-0.15, -0.1) is 0 Å². The van der Waals surface area contributed by atoms with E-state index in [0.717, 1.165) is 17.7 Å². The molecule has 0 fully saturated rings. The summed E-state index contributed by atoms with van der Waals surface area (Å²) in [5, 5.41) is 4.79. The van der Waals surface area contributed by atoms with Crippen LogP contribution < -0.4 is 10.6 Å². The molecule has 0 bridgehead atoms. The highest BCUT2D eigenvalue weighted by Crippen LogP contribution is 2.29. The molecule has 27 heavy (non-hydrogen) atoms. The van der Waals surface area contributed by atoms with Crippen LogP contribution in [0.3, 0.4) is 0 Å². The molecule has 8 heteroatoms. The molecule has 0 heterocycles. The summed E-state index contributed by atoms with van der Waals surface area (Å²) in [6, 6.07) is 13.4. The highest BCUT2D eigenvalue weighted by atomic mass is 19.4. The summed E-state index contributed by atoms with van der Waals surface area (Å²) in [4.78, 5) is 25.2. The normalized spacial score (nSPS) is 11.3. The standard InChI is InChI=1S/C19H20F3N3O2/c1-25(12-15-7-9-16(10-8-15)19(20,21)22)13-17(26)24-18(27)23-11-14-5-3-2-4-6-14/h2-10H,11-13H2,1H3,(H2,23,24,26,27). The molecule has 2 rings (SSSR count). The van der Waals surface area contributed by atoms with Crippen molar-refractivity contribution in [1.82, 2.24) is 15.5 Å². The number of amides is 3.